The molecule has 0 amide bonds. The summed E-state index contributed by atoms with van der Waals surface area (Å²) in [5, 5.41) is 3.61. The smallest absolute Gasteiger partial charge is 0.0251 e. The van der Waals surface area contributed by atoms with E-state index in [0.717, 1.165) is 18.0 Å². The SMILES string of the molecule is CCCC1CCC(NC)C(N(C)C2CCC(C)(C)CC2)C1. The second-order valence-corrected chi connectivity index (χ2v) is 8.49. The monoisotopic (exact) mass is 294 g/mol. The van der Waals surface area contributed by atoms with Crippen LogP contribution in [0.4, 0.5) is 0 Å². The molecule has 2 heteroatoms. The second-order valence-electron chi connectivity index (χ2n) is 8.49. The number of likely N-dealkylation sites (N-methyl/N-ethyl adjacent to an activating group) is 2. The number of hydrogen-bond acceptors (Lipinski definition) is 2. The standard InChI is InChI=1S/C19H38N2/c1-6-7-15-8-9-17(20-4)18(14-15)21(5)16-10-12-19(2,3)13-11-16/h15-18,20H,6-14H2,1-5H3. The molecule has 3 atom stereocenters. The molecular weight excluding hydrogens is 256 g/mol. The first-order valence-corrected chi connectivity index (χ1v) is 9.36. The van der Waals surface area contributed by atoms with Crippen LogP contribution in [0.1, 0.15) is 78.6 Å². The first-order valence-electron chi connectivity index (χ1n) is 9.36. The molecule has 0 aromatic rings. The molecule has 2 rings (SSSR count). The summed E-state index contributed by atoms with van der Waals surface area (Å²) in [6.07, 6.45) is 12.6. The van der Waals surface area contributed by atoms with Gasteiger partial charge in [0.05, 0.1) is 0 Å². The Labute approximate surface area is 133 Å². The van der Waals surface area contributed by atoms with E-state index in [2.05, 4.69) is 45.1 Å². The van der Waals surface area contributed by atoms with Gasteiger partial charge in [-0.25, -0.2) is 0 Å². The van der Waals surface area contributed by atoms with Gasteiger partial charge in [0.15, 0.2) is 0 Å². The highest BCUT2D eigenvalue weighted by molar-refractivity contribution is 4.93. The molecule has 2 saturated carbocycles. The highest BCUT2D eigenvalue weighted by atomic mass is 15.2. The first-order chi connectivity index (χ1) is 9.96. The Morgan fingerprint density at radius 1 is 1.10 bits per heavy atom. The summed E-state index contributed by atoms with van der Waals surface area (Å²) in [4.78, 5) is 2.76. The Morgan fingerprint density at radius 2 is 1.76 bits per heavy atom. The summed E-state index contributed by atoms with van der Waals surface area (Å²) in [6, 6.07) is 2.28. The number of nitrogens with one attached hydrogen (secondary N) is 1. The zero-order valence-electron chi connectivity index (χ0n) is 15.1. The van der Waals surface area contributed by atoms with Crippen molar-refractivity contribution in [1.82, 2.24) is 10.2 Å². The lowest BCUT2D eigenvalue weighted by atomic mass is 9.74. The van der Waals surface area contributed by atoms with Crippen LogP contribution in [0.3, 0.4) is 0 Å². The maximum absolute atomic E-state index is 3.61. The summed E-state index contributed by atoms with van der Waals surface area (Å²) < 4.78 is 0. The van der Waals surface area contributed by atoms with Crippen molar-refractivity contribution in [3.8, 4) is 0 Å². The van der Waals surface area contributed by atoms with Crippen LogP contribution < -0.4 is 5.32 Å². The average Bonchev–Trinajstić information content (AvgIpc) is 2.47. The van der Waals surface area contributed by atoms with E-state index in [-0.39, 0.29) is 0 Å². The third kappa shape index (κ3) is 4.45. The molecular formula is C19H38N2. The van der Waals surface area contributed by atoms with E-state index < -0.39 is 0 Å². The number of nitrogens with zero attached hydrogens (tertiary/aromatic N) is 1. The van der Waals surface area contributed by atoms with E-state index >= 15 is 0 Å². The lowest BCUT2D eigenvalue weighted by Gasteiger charge is -2.47. The number of hydrogen-bond donors (Lipinski definition) is 1. The minimum absolute atomic E-state index is 0.580. The van der Waals surface area contributed by atoms with Crippen molar-refractivity contribution >= 4 is 0 Å². The second kappa shape index (κ2) is 7.46. The van der Waals surface area contributed by atoms with Gasteiger partial charge in [0.25, 0.3) is 0 Å². The van der Waals surface area contributed by atoms with Gasteiger partial charge in [-0.15, -0.1) is 0 Å². The molecule has 21 heavy (non-hydrogen) atoms. The molecule has 0 aromatic heterocycles. The normalized spacial score (nSPS) is 34.3. The summed E-state index contributed by atoms with van der Waals surface area (Å²) in [6.45, 7) is 7.22. The largest absolute Gasteiger partial charge is 0.315 e. The summed E-state index contributed by atoms with van der Waals surface area (Å²) in [7, 11) is 4.57. The molecule has 0 aliphatic heterocycles. The zero-order valence-corrected chi connectivity index (χ0v) is 15.1. The Hall–Kier alpha value is -0.0800. The topological polar surface area (TPSA) is 15.3 Å². The molecule has 2 fully saturated rings. The van der Waals surface area contributed by atoms with Crippen molar-refractivity contribution in [2.45, 2.75) is 96.7 Å². The highest BCUT2D eigenvalue weighted by Crippen LogP contribution is 2.39. The summed E-state index contributed by atoms with van der Waals surface area (Å²) in [5.74, 6) is 0.965. The van der Waals surface area contributed by atoms with Gasteiger partial charge in [0.2, 0.25) is 0 Å². The Kier molecular flexibility index (Phi) is 6.14. The highest BCUT2D eigenvalue weighted by Gasteiger charge is 2.36. The molecule has 0 aromatic carbocycles. The fourth-order valence-electron chi connectivity index (χ4n) is 4.75. The maximum atomic E-state index is 3.61. The van der Waals surface area contributed by atoms with Crippen LogP contribution in [-0.4, -0.2) is 37.1 Å². The minimum Gasteiger partial charge on any atom is -0.315 e. The van der Waals surface area contributed by atoms with Crippen molar-refractivity contribution in [1.29, 1.82) is 0 Å². The predicted octanol–water partition coefficient (Wildman–Crippen LogP) is 4.44. The molecule has 0 bridgehead atoms. The van der Waals surface area contributed by atoms with E-state index in [1.54, 1.807) is 0 Å². The van der Waals surface area contributed by atoms with Crippen LogP contribution in [0.25, 0.3) is 0 Å². The third-order valence-corrected chi connectivity index (χ3v) is 6.40. The van der Waals surface area contributed by atoms with Crippen molar-refractivity contribution in [2.75, 3.05) is 14.1 Å². The molecule has 0 spiro atoms. The van der Waals surface area contributed by atoms with Crippen LogP contribution >= 0.6 is 0 Å². The van der Waals surface area contributed by atoms with Crippen LogP contribution in [0, 0.1) is 11.3 Å². The van der Waals surface area contributed by atoms with E-state index in [1.807, 2.05) is 0 Å². The molecule has 2 aliphatic rings. The Morgan fingerprint density at radius 3 is 2.33 bits per heavy atom. The van der Waals surface area contributed by atoms with Crippen molar-refractivity contribution in [2.24, 2.45) is 11.3 Å². The van der Waals surface area contributed by atoms with Crippen LogP contribution in [0.5, 0.6) is 0 Å². The quantitative estimate of drug-likeness (QED) is 0.806. The lowest BCUT2D eigenvalue weighted by Crippen LogP contribution is -2.54. The summed E-state index contributed by atoms with van der Waals surface area (Å²) in [5.41, 5.74) is 0.580. The minimum atomic E-state index is 0.580. The Balaban J connectivity index is 1.96. The molecule has 0 heterocycles. The molecule has 0 saturated heterocycles. The van der Waals surface area contributed by atoms with E-state index in [4.69, 9.17) is 0 Å². The van der Waals surface area contributed by atoms with Gasteiger partial charge in [-0.2, -0.15) is 0 Å². The molecule has 2 aliphatic carbocycles. The lowest BCUT2D eigenvalue weighted by molar-refractivity contribution is 0.0481. The molecule has 3 unspecified atom stereocenters. The van der Waals surface area contributed by atoms with Gasteiger partial charge in [-0.05, 0) is 70.4 Å². The molecule has 124 valence electrons. The predicted molar refractivity (Wildman–Crippen MR) is 92.7 cm³/mol. The van der Waals surface area contributed by atoms with Crippen molar-refractivity contribution in [3.05, 3.63) is 0 Å². The van der Waals surface area contributed by atoms with Gasteiger partial charge < -0.3 is 5.32 Å². The van der Waals surface area contributed by atoms with Gasteiger partial charge in [0, 0.05) is 18.1 Å². The zero-order chi connectivity index (χ0) is 15.5. The maximum Gasteiger partial charge on any atom is 0.0251 e. The van der Waals surface area contributed by atoms with Crippen LogP contribution in [0.2, 0.25) is 0 Å². The molecule has 0 radical (unpaired) electrons. The average molecular weight is 295 g/mol. The summed E-state index contributed by atoms with van der Waals surface area (Å²) >= 11 is 0. The fraction of sp³-hybridized carbons (Fsp3) is 1.00. The van der Waals surface area contributed by atoms with Crippen molar-refractivity contribution < 1.29 is 0 Å². The molecule has 1 N–H and O–H groups in total. The van der Waals surface area contributed by atoms with Gasteiger partial charge >= 0.3 is 0 Å². The van der Waals surface area contributed by atoms with E-state index in [9.17, 15) is 0 Å². The van der Waals surface area contributed by atoms with Crippen LogP contribution in [-0.2, 0) is 0 Å². The fourth-order valence-corrected chi connectivity index (χ4v) is 4.75. The van der Waals surface area contributed by atoms with E-state index in [1.165, 1.54) is 57.8 Å². The first kappa shape index (κ1) is 17.3. The van der Waals surface area contributed by atoms with Gasteiger partial charge in [0.1, 0.15) is 0 Å². The van der Waals surface area contributed by atoms with Gasteiger partial charge in [-0.3, -0.25) is 4.90 Å². The third-order valence-electron chi connectivity index (χ3n) is 6.40. The van der Waals surface area contributed by atoms with Gasteiger partial charge in [-0.1, -0.05) is 33.6 Å². The van der Waals surface area contributed by atoms with E-state index in [0.29, 0.717) is 11.5 Å². The molecule has 2 nitrogen and oxygen atoms in total. The van der Waals surface area contributed by atoms with Crippen LogP contribution in [0.15, 0.2) is 0 Å². The Bertz CT molecular complexity index is 303. The number of rotatable bonds is 5. The van der Waals surface area contributed by atoms with Crippen molar-refractivity contribution in [3.63, 3.8) is 0 Å².